The minimum atomic E-state index is 0. The van der Waals surface area contributed by atoms with Gasteiger partial charge in [0.15, 0.2) is 0 Å². The summed E-state index contributed by atoms with van der Waals surface area (Å²) in [5.74, 6) is 0.808. The molecule has 0 unspecified atom stereocenters. The van der Waals surface area contributed by atoms with Gasteiger partial charge in [0.1, 0.15) is 5.75 Å². The van der Waals surface area contributed by atoms with E-state index in [-0.39, 0.29) is 19.0 Å². The Labute approximate surface area is 98.5 Å². The Morgan fingerprint density at radius 1 is 1.29 bits per heavy atom. The fraction of sp³-hybridized carbons (Fsp3) is 0.333. The van der Waals surface area contributed by atoms with E-state index in [1.165, 1.54) is 11.0 Å². The molecule has 0 saturated carbocycles. The van der Waals surface area contributed by atoms with Gasteiger partial charge in [-0.25, -0.2) is 0 Å². The number of aliphatic hydroxyl groups is 1. The highest BCUT2D eigenvalue weighted by atomic mass is 35.7. The minimum Gasteiger partial charge on any atom is -0.494 e. The number of hydrogen-bond acceptors (Lipinski definition) is 3. The van der Waals surface area contributed by atoms with Gasteiger partial charge in [-0.2, -0.15) is 0 Å². The molecule has 0 amide bonds. The Bertz CT molecular complexity index is 241. The molecule has 0 spiro atoms. The maximum absolute atomic E-state index is 8.53. The topological polar surface area (TPSA) is 29.5 Å². The van der Waals surface area contributed by atoms with E-state index in [1.54, 1.807) is 0 Å². The smallest absolute Gasteiger partial charge is 0.119 e. The van der Waals surface area contributed by atoms with Crippen LogP contribution in [0.5, 0.6) is 5.75 Å². The standard InChI is InChI=1S/C9H11ClO2S.ClH/c10-13-9-4-2-8(3-5-9)12-7-1-6-11;/h2-5,11H,1,6-7H2;1H. The third-order valence-electron chi connectivity index (χ3n) is 1.48. The monoisotopic (exact) mass is 254 g/mol. The van der Waals surface area contributed by atoms with Crippen LogP contribution in [0.1, 0.15) is 6.42 Å². The lowest BCUT2D eigenvalue weighted by molar-refractivity contribution is 0.233. The highest BCUT2D eigenvalue weighted by molar-refractivity contribution is 8.21. The van der Waals surface area contributed by atoms with Gasteiger partial charge >= 0.3 is 0 Å². The van der Waals surface area contributed by atoms with Crippen molar-refractivity contribution in [3.8, 4) is 5.75 Å². The van der Waals surface area contributed by atoms with Gasteiger partial charge in [0.05, 0.1) is 6.61 Å². The van der Waals surface area contributed by atoms with Crippen LogP contribution in [0.3, 0.4) is 0 Å². The summed E-state index contributed by atoms with van der Waals surface area (Å²) in [6, 6.07) is 7.52. The molecular formula is C9H12Cl2O2S. The summed E-state index contributed by atoms with van der Waals surface area (Å²) < 4.78 is 5.33. The van der Waals surface area contributed by atoms with Crippen molar-refractivity contribution in [3.05, 3.63) is 24.3 Å². The Morgan fingerprint density at radius 2 is 1.93 bits per heavy atom. The van der Waals surface area contributed by atoms with Crippen molar-refractivity contribution in [2.45, 2.75) is 11.3 Å². The van der Waals surface area contributed by atoms with Gasteiger partial charge in [-0.1, -0.05) is 0 Å². The molecule has 0 bridgehead atoms. The van der Waals surface area contributed by atoms with Crippen LogP contribution in [-0.4, -0.2) is 18.3 Å². The number of aliphatic hydroxyl groups excluding tert-OH is 1. The predicted octanol–water partition coefficient (Wildman–Crippen LogP) is 3.12. The van der Waals surface area contributed by atoms with Gasteiger partial charge in [-0.05, 0) is 45.9 Å². The Morgan fingerprint density at radius 3 is 2.43 bits per heavy atom. The summed E-state index contributed by atoms with van der Waals surface area (Å²) >= 11 is 0. The zero-order valence-electron chi connectivity index (χ0n) is 7.48. The summed E-state index contributed by atoms with van der Waals surface area (Å²) in [6.07, 6.45) is 0.659. The number of halogens is 2. The molecule has 1 aromatic carbocycles. The average molecular weight is 255 g/mol. The SMILES string of the molecule is Cl.OCCCOc1ccc(SCl)cc1. The molecule has 80 valence electrons. The summed E-state index contributed by atoms with van der Waals surface area (Å²) in [6.45, 7) is 0.708. The second-order valence-corrected chi connectivity index (χ2v) is 3.56. The first-order valence-electron chi connectivity index (χ1n) is 3.99. The van der Waals surface area contributed by atoms with Crippen molar-refractivity contribution >= 4 is 34.1 Å². The van der Waals surface area contributed by atoms with Gasteiger partial charge in [0.25, 0.3) is 0 Å². The van der Waals surface area contributed by atoms with Crippen LogP contribution in [0.2, 0.25) is 0 Å². The Balaban J connectivity index is 0.00000169. The molecule has 0 atom stereocenters. The van der Waals surface area contributed by atoms with Crippen molar-refractivity contribution in [1.29, 1.82) is 0 Å². The Hall–Kier alpha value is -0.0900. The number of hydrogen-bond donors (Lipinski definition) is 1. The second kappa shape index (κ2) is 8.24. The van der Waals surface area contributed by atoms with Gasteiger partial charge in [-0.3, -0.25) is 0 Å². The van der Waals surface area contributed by atoms with E-state index in [4.69, 9.17) is 20.5 Å². The third kappa shape index (κ3) is 4.96. The van der Waals surface area contributed by atoms with Crippen LogP contribution >= 0.6 is 34.1 Å². The van der Waals surface area contributed by atoms with Crippen LogP contribution < -0.4 is 4.74 Å². The summed E-state index contributed by atoms with van der Waals surface area (Å²) in [4.78, 5) is 0.996. The van der Waals surface area contributed by atoms with Crippen LogP contribution in [-0.2, 0) is 0 Å². The van der Waals surface area contributed by atoms with Crippen LogP contribution in [0, 0.1) is 0 Å². The molecule has 0 aliphatic carbocycles. The molecule has 1 N–H and O–H groups in total. The van der Waals surface area contributed by atoms with Crippen molar-refractivity contribution < 1.29 is 9.84 Å². The molecule has 14 heavy (non-hydrogen) atoms. The first-order chi connectivity index (χ1) is 6.36. The van der Waals surface area contributed by atoms with Crippen molar-refractivity contribution in [1.82, 2.24) is 0 Å². The molecule has 0 saturated heterocycles. The fourth-order valence-corrected chi connectivity index (χ4v) is 1.39. The van der Waals surface area contributed by atoms with E-state index >= 15 is 0 Å². The maximum Gasteiger partial charge on any atom is 0.119 e. The van der Waals surface area contributed by atoms with E-state index in [1.807, 2.05) is 24.3 Å². The predicted molar refractivity (Wildman–Crippen MR) is 62.6 cm³/mol. The van der Waals surface area contributed by atoms with E-state index in [0.717, 1.165) is 10.6 Å². The summed E-state index contributed by atoms with van der Waals surface area (Å²) in [7, 11) is 6.73. The van der Waals surface area contributed by atoms with Crippen molar-refractivity contribution in [3.63, 3.8) is 0 Å². The van der Waals surface area contributed by atoms with Crippen LogP contribution in [0.15, 0.2) is 29.2 Å². The molecule has 1 aromatic rings. The third-order valence-corrected chi connectivity index (χ3v) is 2.47. The van der Waals surface area contributed by atoms with Gasteiger partial charge in [0.2, 0.25) is 0 Å². The van der Waals surface area contributed by atoms with E-state index < -0.39 is 0 Å². The number of rotatable bonds is 5. The molecule has 0 heterocycles. The lowest BCUT2D eigenvalue weighted by Gasteiger charge is -2.04. The lowest BCUT2D eigenvalue weighted by Crippen LogP contribution is -1.99. The highest BCUT2D eigenvalue weighted by Gasteiger charge is 1.94. The quantitative estimate of drug-likeness (QED) is 0.820. The fourth-order valence-electron chi connectivity index (χ4n) is 0.842. The molecule has 5 heteroatoms. The number of ether oxygens (including phenoxy) is 1. The first-order valence-corrected chi connectivity index (χ1v) is 5.63. The van der Waals surface area contributed by atoms with E-state index in [0.29, 0.717) is 13.0 Å². The average Bonchev–Trinajstić information content (AvgIpc) is 2.19. The van der Waals surface area contributed by atoms with Crippen molar-refractivity contribution in [2.75, 3.05) is 13.2 Å². The van der Waals surface area contributed by atoms with E-state index in [2.05, 4.69) is 0 Å². The normalized spacial score (nSPS) is 9.29. The zero-order chi connectivity index (χ0) is 9.52. The highest BCUT2D eigenvalue weighted by Crippen LogP contribution is 2.23. The maximum atomic E-state index is 8.53. The first kappa shape index (κ1) is 13.9. The van der Waals surface area contributed by atoms with Crippen LogP contribution in [0.4, 0.5) is 0 Å². The molecule has 2 nitrogen and oxygen atoms in total. The molecule has 0 radical (unpaired) electrons. The molecule has 0 fully saturated rings. The number of benzene rings is 1. The zero-order valence-corrected chi connectivity index (χ0v) is 9.87. The van der Waals surface area contributed by atoms with Crippen LogP contribution in [0.25, 0.3) is 0 Å². The van der Waals surface area contributed by atoms with E-state index in [9.17, 15) is 0 Å². The molecule has 1 rings (SSSR count). The molecular weight excluding hydrogens is 243 g/mol. The summed E-state index contributed by atoms with van der Waals surface area (Å²) in [5.41, 5.74) is 0. The molecule has 0 aromatic heterocycles. The second-order valence-electron chi connectivity index (χ2n) is 2.47. The largest absolute Gasteiger partial charge is 0.494 e. The molecule has 0 aliphatic rings. The van der Waals surface area contributed by atoms with Gasteiger partial charge in [0, 0.05) is 17.9 Å². The minimum absolute atomic E-state index is 0. The Kier molecular flexibility index (Phi) is 8.18. The van der Waals surface area contributed by atoms with Crippen molar-refractivity contribution in [2.24, 2.45) is 0 Å². The molecule has 0 aliphatic heterocycles. The van der Waals surface area contributed by atoms with Gasteiger partial charge < -0.3 is 9.84 Å². The lowest BCUT2D eigenvalue weighted by atomic mass is 10.3. The van der Waals surface area contributed by atoms with Gasteiger partial charge in [-0.15, -0.1) is 12.4 Å². The summed E-state index contributed by atoms with van der Waals surface area (Å²) in [5, 5.41) is 8.53.